The first kappa shape index (κ1) is 13.7. The predicted octanol–water partition coefficient (Wildman–Crippen LogP) is 3.96. The van der Waals surface area contributed by atoms with Crippen LogP contribution >= 0.6 is 11.6 Å². The summed E-state index contributed by atoms with van der Waals surface area (Å²) in [6, 6.07) is 4.42. The van der Waals surface area contributed by atoms with Crippen molar-refractivity contribution in [3.63, 3.8) is 0 Å². The van der Waals surface area contributed by atoms with E-state index in [1.54, 1.807) is 16.9 Å². The third kappa shape index (κ3) is 3.01. The third-order valence-electron chi connectivity index (χ3n) is 2.85. The number of aryl methyl sites for hydroxylation is 1. The number of unbranched alkanes of at least 4 members (excludes halogenated alkanes) is 1. The Morgan fingerprint density at radius 2 is 2.26 bits per heavy atom. The van der Waals surface area contributed by atoms with Gasteiger partial charge in [0.1, 0.15) is 11.5 Å². The van der Waals surface area contributed by atoms with E-state index < -0.39 is 5.82 Å². The van der Waals surface area contributed by atoms with Crippen LogP contribution in [0, 0.1) is 5.82 Å². The zero-order chi connectivity index (χ0) is 13.8. The highest BCUT2D eigenvalue weighted by Gasteiger charge is 2.12. The summed E-state index contributed by atoms with van der Waals surface area (Å²) in [5, 5.41) is 4.39. The molecule has 100 valence electrons. The van der Waals surface area contributed by atoms with Crippen LogP contribution in [0.15, 0.2) is 24.4 Å². The van der Waals surface area contributed by atoms with Gasteiger partial charge in [-0.25, -0.2) is 4.39 Å². The summed E-state index contributed by atoms with van der Waals surface area (Å²) in [5.41, 5.74) is 1.50. The van der Waals surface area contributed by atoms with E-state index in [1.807, 2.05) is 0 Å². The number of benzene rings is 1. The maximum Gasteiger partial charge on any atom is 0.153 e. The number of hydrogen-bond acceptors (Lipinski definition) is 2. The van der Waals surface area contributed by atoms with Gasteiger partial charge in [0.2, 0.25) is 0 Å². The van der Waals surface area contributed by atoms with Crippen molar-refractivity contribution in [2.75, 3.05) is 0 Å². The molecular formula is C14H14ClFN2O. The number of aromatic nitrogens is 2. The second kappa shape index (κ2) is 5.97. The monoisotopic (exact) mass is 280 g/mol. The zero-order valence-corrected chi connectivity index (χ0v) is 11.3. The van der Waals surface area contributed by atoms with Gasteiger partial charge in [0.15, 0.2) is 6.29 Å². The maximum absolute atomic E-state index is 13.5. The Bertz CT molecular complexity index is 595. The molecule has 0 aliphatic heterocycles. The van der Waals surface area contributed by atoms with Crippen molar-refractivity contribution >= 4 is 17.9 Å². The number of carbonyl (C=O) groups is 1. The Labute approximate surface area is 116 Å². The summed E-state index contributed by atoms with van der Waals surface area (Å²) in [6.45, 7) is 2.83. The lowest BCUT2D eigenvalue weighted by atomic mass is 10.1. The number of hydrogen-bond donors (Lipinski definition) is 0. The second-order valence-corrected chi connectivity index (χ2v) is 4.70. The highest BCUT2D eigenvalue weighted by Crippen LogP contribution is 2.25. The smallest absolute Gasteiger partial charge is 0.153 e. The van der Waals surface area contributed by atoms with Gasteiger partial charge in [-0.1, -0.05) is 31.0 Å². The molecule has 0 unspecified atom stereocenters. The Balaban J connectivity index is 2.39. The first-order valence-corrected chi connectivity index (χ1v) is 6.51. The molecule has 0 radical (unpaired) electrons. The van der Waals surface area contributed by atoms with Crippen LogP contribution < -0.4 is 0 Å². The molecule has 0 N–H and O–H groups in total. The topological polar surface area (TPSA) is 34.9 Å². The Morgan fingerprint density at radius 1 is 1.47 bits per heavy atom. The summed E-state index contributed by atoms with van der Waals surface area (Å²) in [4.78, 5) is 11.1. The third-order valence-corrected chi connectivity index (χ3v) is 3.16. The maximum atomic E-state index is 13.5. The number of carbonyl (C=O) groups excluding carboxylic acids is 1. The quantitative estimate of drug-likeness (QED) is 0.777. The zero-order valence-electron chi connectivity index (χ0n) is 10.6. The van der Waals surface area contributed by atoms with Crippen molar-refractivity contribution in [1.29, 1.82) is 0 Å². The van der Waals surface area contributed by atoms with E-state index in [2.05, 4.69) is 12.0 Å². The minimum Gasteiger partial charge on any atom is -0.298 e. The SMILES string of the molecule is CCCCn1cc(C=O)c(-c2ccc(Cl)c(F)c2)n1. The van der Waals surface area contributed by atoms with Crippen molar-refractivity contribution in [3.05, 3.63) is 40.8 Å². The molecule has 2 rings (SSSR count). The van der Waals surface area contributed by atoms with E-state index in [4.69, 9.17) is 11.6 Å². The molecule has 0 spiro atoms. The summed E-state index contributed by atoms with van der Waals surface area (Å²) in [5.74, 6) is -0.515. The van der Waals surface area contributed by atoms with E-state index in [-0.39, 0.29) is 5.02 Å². The predicted molar refractivity (Wildman–Crippen MR) is 72.9 cm³/mol. The average molecular weight is 281 g/mol. The minimum atomic E-state index is -0.515. The molecule has 0 amide bonds. The van der Waals surface area contributed by atoms with E-state index in [1.165, 1.54) is 12.1 Å². The first-order chi connectivity index (χ1) is 9.15. The Kier molecular flexibility index (Phi) is 4.32. The largest absolute Gasteiger partial charge is 0.298 e. The highest BCUT2D eigenvalue weighted by molar-refractivity contribution is 6.30. The summed E-state index contributed by atoms with van der Waals surface area (Å²) < 4.78 is 15.2. The molecule has 0 atom stereocenters. The minimum absolute atomic E-state index is 0.0572. The first-order valence-electron chi connectivity index (χ1n) is 6.13. The van der Waals surface area contributed by atoms with E-state index >= 15 is 0 Å². The van der Waals surface area contributed by atoms with Crippen LogP contribution in [0.3, 0.4) is 0 Å². The average Bonchev–Trinajstić information content (AvgIpc) is 2.83. The fourth-order valence-electron chi connectivity index (χ4n) is 1.83. The van der Waals surface area contributed by atoms with Gasteiger partial charge in [0.25, 0.3) is 0 Å². The second-order valence-electron chi connectivity index (χ2n) is 4.30. The van der Waals surface area contributed by atoms with Crippen molar-refractivity contribution < 1.29 is 9.18 Å². The Morgan fingerprint density at radius 3 is 2.89 bits per heavy atom. The van der Waals surface area contributed by atoms with Crippen molar-refractivity contribution in [1.82, 2.24) is 9.78 Å². The molecule has 3 nitrogen and oxygen atoms in total. The lowest BCUT2D eigenvalue weighted by Crippen LogP contribution is -1.98. The van der Waals surface area contributed by atoms with E-state index in [0.29, 0.717) is 16.8 Å². The van der Waals surface area contributed by atoms with Gasteiger partial charge in [-0.05, 0) is 18.6 Å². The van der Waals surface area contributed by atoms with Crippen molar-refractivity contribution in [3.8, 4) is 11.3 Å². The van der Waals surface area contributed by atoms with Crippen LogP contribution in [0.25, 0.3) is 11.3 Å². The van der Waals surface area contributed by atoms with Crippen molar-refractivity contribution in [2.45, 2.75) is 26.3 Å². The number of halogens is 2. The normalized spacial score (nSPS) is 10.7. The highest BCUT2D eigenvalue weighted by atomic mass is 35.5. The molecular weight excluding hydrogens is 267 g/mol. The standard InChI is InChI=1S/C14H14ClFN2O/c1-2-3-6-18-8-11(9-19)14(17-18)10-4-5-12(15)13(16)7-10/h4-5,7-9H,2-3,6H2,1H3. The summed E-state index contributed by atoms with van der Waals surface area (Å²) in [6.07, 6.45) is 4.44. The molecule has 5 heteroatoms. The lowest BCUT2D eigenvalue weighted by Gasteiger charge is -2.01. The molecule has 1 aromatic heterocycles. The number of nitrogens with zero attached hydrogens (tertiary/aromatic N) is 2. The molecule has 0 aliphatic carbocycles. The van der Waals surface area contributed by atoms with Gasteiger partial charge >= 0.3 is 0 Å². The van der Waals surface area contributed by atoms with Crippen LogP contribution in [0.2, 0.25) is 5.02 Å². The van der Waals surface area contributed by atoms with Crippen LogP contribution in [0.1, 0.15) is 30.1 Å². The summed E-state index contributed by atoms with van der Waals surface area (Å²) >= 11 is 5.65. The number of aldehydes is 1. The Hall–Kier alpha value is -1.68. The molecule has 0 fully saturated rings. The van der Waals surface area contributed by atoms with Gasteiger partial charge in [0, 0.05) is 18.3 Å². The van der Waals surface area contributed by atoms with Crippen molar-refractivity contribution in [2.24, 2.45) is 0 Å². The van der Waals surface area contributed by atoms with Crippen LogP contribution in [-0.4, -0.2) is 16.1 Å². The van der Waals surface area contributed by atoms with Gasteiger partial charge in [0.05, 0.1) is 10.6 Å². The summed E-state index contributed by atoms with van der Waals surface area (Å²) in [7, 11) is 0. The molecule has 0 saturated heterocycles. The molecule has 1 aromatic carbocycles. The molecule has 1 heterocycles. The fourth-order valence-corrected chi connectivity index (χ4v) is 1.94. The molecule has 0 saturated carbocycles. The van der Waals surface area contributed by atoms with Crippen LogP contribution in [0.5, 0.6) is 0 Å². The van der Waals surface area contributed by atoms with Crippen LogP contribution in [0.4, 0.5) is 4.39 Å². The molecule has 19 heavy (non-hydrogen) atoms. The molecule has 2 aromatic rings. The molecule has 0 aliphatic rings. The fraction of sp³-hybridized carbons (Fsp3) is 0.286. The lowest BCUT2D eigenvalue weighted by molar-refractivity contribution is 0.112. The van der Waals surface area contributed by atoms with Gasteiger partial charge in [-0.3, -0.25) is 9.48 Å². The van der Waals surface area contributed by atoms with Gasteiger partial charge < -0.3 is 0 Å². The van der Waals surface area contributed by atoms with E-state index in [0.717, 1.165) is 25.7 Å². The number of rotatable bonds is 5. The van der Waals surface area contributed by atoms with E-state index in [9.17, 15) is 9.18 Å². The van der Waals surface area contributed by atoms with Gasteiger partial charge in [-0.15, -0.1) is 0 Å². The van der Waals surface area contributed by atoms with Gasteiger partial charge in [-0.2, -0.15) is 5.10 Å². The van der Waals surface area contributed by atoms with Crippen LogP contribution in [-0.2, 0) is 6.54 Å². The molecule has 0 bridgehead atoms.